The van der Waals surface area contributed by atoms with E-state index >= 15 is 0 Å². The number of ether oxygens (including phenoxy) is 2. The molecule has 0 spiro atoms. The van der Waals surface area contributed by atoms with E-state index in [2.05, 4.69) is 4.90 Å². The molecule has 148 valence electrons. The van der Waals surface area contributed by atoms with Crippen molar-refractivity contribution in [3.8, 4) is 11.5 Å². The molecule has 1 aromatic carbocycles. The number of hydrogen-bond donors (Lipinski definition) is 0. The normalized spacial score (nSPS) is 18.5. The summed E-state index contributed by atoms with van der Waals surface area (Å²) in [6.07, 6.45) is 5.02. The van der Waals surface area contributed by atoms with E-state index in [1.807, 2.05) is 0 Å². The van der Waals surface area contributed by atoms with Crippen LogP contribution in [0.25, 0.3) is 0 Å². The number of nitro groups is 1. The van der Waals surface area contributed by atoms with Crippen LogP contribution >= 0.6 is 0 Å². The lowest BCUT2D eigenvalue weighted by atomic mass is 10.1. The minimum atomic E-state index is -0.538. The van der Waals surface area contributed by atoms with Crippen LogP contribution in [0.2, 0.25) is 0 Å². The maximum Gasteiger partial charge on any atom is 0.286 e. The van der Waals surface area contributed by atoms with Crippen molar-refractivity contribution in [1.82, 2.24) is 9.80 Å². The largest absolute Gasteiger partial charge is 0.493 e. The fraction of sp³-hybridized carbons (Fsp3) is 0.632. The maximum absolute atomic E-state index is 13.0. The van der Waals surface area contributed by atoms with Crippen molar-refractivity contribution < 1.29 is 19.2 Å². The smallest absolute Gasteiger partial charge is 0.286 e. The van der Waals surface area contributed by atoms with Crippen LogP contribution in [0.3, 0.4) is 0 Å². The van der Waals surface area contributed by atoms with E-state index in [1.54, 1.807) is 11.8 Å². The van der Waals surface area contributed by atoms with Crippen LogP contribution in [0.15, 0.2) is 12.1 Å². The monoisotopic (exact) mass is 377 g/mol. The van der Waals surface area contributed by atoms with Gasteiger partial charge < -0.3 is 14.4 Å². The van der Waals surface area contributed by atoms with Crippen LogP contribution in [0.1, 0.15) is 43.0 Å². The molecule has 1 amide bonds. The van der Waals surface area contributed by atoms with E-state index in [-0.39, 0.29) is 22.9 Å². The lowest BCUT2D eigenvalue weighted by molar-refractivity contribution is -0.385. The molecule has 2 aliphatic rings. The first-order valence-corrected chi connectivity index (χ1v) is 9.57. The molecule has 1 aliphatic carbocycles. The third kappa shape index (κ3) is 4.16. The molecule has 0 unspecified atom stereocenters. The fourth-order valence-corrected chi connectivity index (χ4v) is 4.03. The van der Waals surface area contributed by atoms with Gasteiger partial charge in [0.2, 0.25) is 0 Å². The van der Waals surface area contributed by atoms with E-state index in [9.17, 15) is 14.9 Å². The average Bonchev–Trinajstić information content (AvgIpc) is 3.22. The summed E-state index contributed by atoms with van der Waals surface area (Å²) in [5.41, 5.74) is -0.197. The highest BCUT2D eigenvalue weighted by Gasteiger charge is 2.32. The summed E-state index contributed by atoms with van der Waals surface area (Å²) in [5.74, 6) is 0.277. The molecular weight excluding hydrogens is 350 g/mol. The third-order valence-corrected chi connectivity index (χ3v) is 5.45. The number of amides is 1. The molecule has 0 atom stereocenters. The van der Waals surface area contributed by atoms with Crippen molar-refractivity contribution in [1.29, 1.82) is 0 Å². The minimum absolute atomic E-state index is 0.0506. The second-order valence-corrected chi connectivity index (χ2v) is 6.98. The van der Waals surface area contributed by atoms with Gasteiger partial charge in [0, 0.05) is 38.3 Å². The van der Waals surface area contributed by atoms with Crippen molar-refractivity contribution in [2.75, 3.05) is 39.9 Å². The van der Waals surface area contributed by atoms with Crippen molar-refractivity contribution in [3.05, 3.63) is 27.8 Å². The zero-order chi connectivity index (χ0) is 19.4. The Labute approximate surface area is 159 Å². The molecule has 2 fully saturated rings. The quantitative estimate of drug-likeness (QED) is 0.560. The van der Waals surface area contributed by atoms with Crippen LogP contribution in [-0.4, -0.2) is 66.6 Å². The van der Waals surface area contributed by atoms with Gasteiger partial charge in [0.1, 0.15) is 5.56 Å². The van der Waals surface area contributed by atoms with E-state index < -0.39 is 4.92 Å². The van der Waals surface area contributed by atoms with Crippen LogP contribution < -0.4 is 9.47 Å². The molecule has 1 aliphatic heterocycles. The van der Waals surface area contributed by atoms with Crippen LogP contribution in [-0.2, 0) is 0 Å². The molecule has 1 aromatic rings. The molecule has 8 nitrogen and oxygen atoms in total. The van der Waals surface area contributed by atoms with Crippen molar-refractivity contribution in [2.45, 2.75) is 38.6 Å². The van der Waals surface area contributed by atoms with Crippen molar-refractivity contribution in [3.63, 3.8) is 0 Å². The summed E-state index contributed by atoms with van der Waals surface area (Å²) in [6, 6.07) is 3.33. The number of methoxy groups -OCH3 is 1. The highest BCUT2D eigenvalue weighted by Crippen LogP contribution is 2.35. The third-order valence-electron chi connectivity index (χ3n) is 5.45. The van der Waals surface area contributed by atoms with Gasteiger partial charge in [-0.2, -0.15) is 0 Å². The van der Waals surface area contributed by atoms with Crippen molar-refractivity contribution >= 4 is 11.6 Å². The Hall–Kier alpha value is -2.35. The van der Waals surface area contributed by atoms with Gasteiger partial charge in [0.05, 0.1) is 24.7 Å². The molecule has 0 bridgehead atoms. The number of nitrogens with zero attached hydrogens (tertiary/aromatic N) is 3. The Bertz CT molecular complexity index is 695. The summed E-state index contributed by atoms with van der Waals surface area (Å²) in [5, 5.41) is 11.5. The van der Waals surface area contributed by atoms with Crippen LogP contribution in [0.5, 0.6) is 11.5 Å². The van der Waals surface area contributed by atoms with Gasteiger partial charge in [0.25, 0.3) is 11.6 Å². The predicted octanol–water partition coefficient (Wildman–Crippen LogP) is 2.70. The fourth-order valence-electron chi connectivity index (χ4n) is 4.03. The number of rotatable bonds is 6. The lowest BCUT2D eigenvalue weighted by Gasteiger charge is -2.38. The number of hydrogen-bond acceptors (Lipinski definition) is 6. The summed E-state index contributed by atoms with van der Waals surface area (Å²) in [7, 11) is 1.46. The number of nitro benzene ring substituents is 1. The highest BCUT2D eigenvalue weighted by molar-refractivity contribution is 5.99. The van der Waals surface area contributed by atoms with Crippen molar-refractivity contribution in [2.24, 2.45) is 0 Å². The summed E-state index contributed by atoms with van der Waals surface area (Å²) < 4.78 is 10.7. The molecular formula is C19H27N3O5. The Morgan fingerprint density at radius 2 is 1.85 bits per heavy atom. The molecule has 0 radical (unpaired) electrons. The van der Waals surface area contributed by atoms with Gasteiger partial charge >= 0.3 is 0 Å². The zero-order valence-corrected chi connectivity index (χ0v) is 16.0. The Kier molecular flexibility index (Phi) is 6.15. The molecule has 1 saturated heterocycles. The highest BCUT2D eigenvalue weighted by atomic mass is 16.6. The number of piperazine rings is 1. The van der Waals surface area contributed by atoms with E-state index in [0.29, 0.717) is 31.5 Å². The van der Waals surface area contributed by atoms with E-state index in [1.165, 1.54) is 44.9 Å². The minimum Gasteiger partial charge on any atom is -0.493 e. The van der Waals surface area contributed by atoms with Gasteiger partial charge in [-0.15, -0.1) is 0 Å². The van der Waals surface area contributed by atoms with E-state index in [0.717, 1.165) is 13.1 Å². The van der Waals surface area contributed by atoms with E-state index in [4.69, 9.17) is 9.47 Å². The Balaban J connectivity index is 1.78. The lowest BCUT2D eigenvalue weighted by Crippen LogP contribution is -2.51. The number of carbonyl (C=O) groups is 1. The van der Waals surface area contributed by atoms with Gasteiger partial charge in [-0.3, -0.25) is 19.8 Å². The van der Waals surface area contributed by atoms with Gasteiger partial charge in [-0.25, -0.2) is 0 Å². The van der Waals surface area contributed by atoms with Gasteiger partial charge in [-0.1, -0.05) is 12.8 Å². The maximum atomic E-state index is 13.0. The average molecular weight is 377 g/mol. The summed E-state index contributed by atoms with van der Waals surface area (Å²) in [4.78, 5) is 28.1. The molecule has 0 aromatic heterocycles. The van der Waals surface area contributed by atoms with Crippen LogP contribution in [0.4, 0.5) is 5.69 Å². The molecule has 8 heteroatoms. The topological polar surface area (TPSA) is 85.1 Å². The first-order valence-electron chi connectivity index (χ1n) is 9.57. The molecule has 3 rings (SSSR count). The van der Waals surface area contributed by atoms with Crippen LogP contribution in [0, 0.1) is 10.1 Å². The molecule has 1 heterocycles. The number of carbonyl (C=O) groups excluding carboxylic acids is 1. The molecule has 0 N–H and O–H groups in total. The second-order valence-electron chi connectivity index (χ2n) is 6.98. The second kappa shape index (κ2) is 8.56. The standard InChI is InChI=1S/C19H27N3O5/c1-3-27-18-13-16(22(24)25)15(12-17(18)26-2)19(23)21-10-8-20(9-11-21)14-6-4-5-7-14/h12-14H,3-11H2,1-2H3. The number of benzene rings is 1. The first kappa shape index (κ1) is 19.4. The predicted molar refractivity (Wildman–Crippen MR) is 101 cm³/mol. The zero-order valence-electron chi connectivity index (χ0n) is 16.0. The first-order chi connectivity index (χ1) is 13.0. The SMILES string of the molecule is CCOc1cc([N+](=O)[O-])c(C(=O)N2CCN(C3CCCC3)CC2)cc1OC. The van der Waals surface area contributed by atoms with Gasteiger partial charge in [-0.05, 0) is 19.8 Å². The summed E-state index contributed by atoms with van der Waals surface area (Å²) in [6.45, 7) is 4.94. The van der Waals surface area contributed by atoms with Gasteiger partial charge in [0.15, 0.2) is 11.5 Å². The molecule has 27 heavy (non-hydrogen) atoms. The summed E-state index contributed by atoms with van der Waals surface area (Å²) >= 11 is 0. The Morgan fingerprint density at radius 3 is 2.41 bits per heavy atom. The molecule has 1 saturated carbocycles. The Morgan fingerprint density at radius 1 is 1.19 bits per heavy atom.